The average Bonchev–Trinajstić information content (AvgIpc) is 3.22. The number of anilines is 1. The van der Waals surface area contributed by atoms with E-state index in [9.17, 15) is 22.8 Å². The number of hydrogen-bond donors (Lipinski definition) is 1. The van der Waals surface area contributed by atoms with E-state index in [-0.39, 0.29) is 24.1 Å². The SMILES string of the molecule is O=C(Nc1cc(C(F)(F)F)ccc1I)C1CC(=O)N(C2CC2)C1. The summed E-state index contributed by atoms with van der Waals surface area (Å²) in [5, 5.41) is 2.54. The molecule has 1 atom stereocenters. The minimum atomic E-state index is -4.46. The predicted octanol–water partition coefficient (Wildman–Crippen LogP) is 3.26. The number of benzene rings is 1. The Morgan fingerprint density at radius 2 is 2.00 bits per heavy atom. The molecule has 2 amide bonds. The predicted molar refractivity (Wildman–Crippen MR) is 85.6 cm³/mol. The van der Waals surface area contributed by atoms with Gasteiger partial charge in [0.1, 0.15) is 0 Å². The molecular formula is C15H14F3IN2O2. The standard InChI is InChI=1S/C15H14F3IN2O2/c16-15(17,18)9-1-4-11(19)12(6-9)20-14(23)8-5-13(22)21(7-8)10-2-3-10/h1,4,6,8,10H,2-3,5,7H2,(H,20,23). The number of hydrogen-bond acceptors (Lipinski definition) is 2. The molecule has 1 N–H and O–H groups in total. The van der Waals surface area contributed by atoms with Crippen molar-refractivity contribution < 1.29 is 22.8 Å². The third-order valence-corrected chi connectivity index (χ3v) is 5.01. The lowest BCUT2D eigenvalue weighted by molar-refractivity contribution is -0.137. The van der Waals surface area contributed by atoms with Gasteiger partial charge in [-0.15, -0.1) is 0 Å². The molecule has 8 heteroatoms. The van der Waals surface area contributed by atoms with Gasteiger partial charge in [0.2, 0.25) is 11.8 Å². The first-order chi connectivity index (χ1) is 10.8. The summed E-state index contributed by atoms with van der Waals surface area (Å²) >= 11 is 1.87. The molecule has 1 aromatic rings. The van der Waals surface area contributed by atoms with Gasteiger partial charge in [0.05, 0.1) is 17.2 Å². The van der Waals surface area contributed by atoms with Crippen LogP contribution in [0.25, 0.3) is 0 Å². The van der Waals surface area contributed by atoms with E-state index in [2.05, 4.69) is 5.32 Å². The van der Waals surface area contributed by atoms with Gasteiger partial charge in [-0.2, -0.15) is 13.2 Å². The molecule has 0 bridgehead atoms. The number of nitrogens with one attached hydrogen (secondary N) is 1. The second kappa shape index (κ2) is 5.95. The van der Waals surface area contributed by atoms with Crippen LogP contribution in [0.5, 0.6) is 0 Å². The Labute approximate surface area is 144 Å². The van der Waals surface area contributed by atoms with E-state index in [0.717, 1.165) is 25.0 Å². The fourth-order valence-electron chi connectivity index (χ4n) is 2.68. The zero-order valence-corrected chi connectivity index (χ0v) is 14.1. The van der Waals surface area contributed by atoms with Crippen molar-refractivity contribution in [1.29, 1.82) is 0 Å². The normalized spacial score (nSPS) is 21.7. The van der Waals surface area contributed by atoms with Crippen molar-refractivity contribution >= 4 is 40.1 Å². The third-order valence-electron chi connectivity index (χ3n) is 4.07. The van der Waals surface area contributed by atoms with Crippen LogP contribution in [0.3, 0.4) is 0 Å². The summed E-state index contributed by atoms with van der Waals surface area (Å²) in [5.41, 5.74) is -0.682. The third kappa shape index (κ3) is 3.61. The second-order valence-corrected chi connectivity index (χ2v) is 7.02. The van der Waals surface area contributed by atoms with Gasteiger partial charge in [-0.25, -0.2) is 0 Å². The summed E-state index contributed by atoms with van der Waals surface area (Å²) in [6.45, 7) is 0.352. The van der Waals surface area contributed by atoms with E-state index >= 15 is 0 Å². The van der Waals surface area contributed by atoms with Crippen molar-refractivity contribution in [1.82, 2.24) is 4.90 Å². The Morgan fingerprint density at radius 1 is 1.30 bits per heavy atom. The Bertz CT molecular complexity index is 659. The van der Waals surface area contributed by atoms with E-state index in [1.165, 1.54) is 6.07 Å². The van der Waals surface area contributed by atoms with Crippen LogP contribution in [0.1, 0.15) is 24.8 Å². The van der Waals surface area contributed by atoms with Gasteiger partial charge < -0.3 is 10.2 Å². The smallest absolute Gasteiger partial charge is 0.339 e. The molecule has 124 valence electrons. The number of nitrogens with zero attached hydrogens (tertiary/aromatic N) is 1. The number of carbonyl (C=O) groups excluding carboxylic acids is 2. The molecular weight excluding hydrogens is 424 g/mol. The summed E-state index contributed by atoms with van der Waals surface area (Å²) in [7, 11) is 0. The van der Waals surface area contributed by atoms with Crippen LogP contribution in [0.15, 0.2) is 18.2 Å². The summed E-state index contributed by atoms with van der Waals surface area (Å²) in [6, 6.07) is 3.46. The number of carbonyl (C=O) groups is 2. The highest BCUT2D eigenvalue weighted by Crippen LogP contribution is 2.35. The van der Waals surface area contributed by atoms with Crippen molar-refractivity contribution in [3.8, 4) is 0 Å². The Morgan fingerprint density at radius 3 is 2.61 bits per heavy atom. The molecule has 2 aliphatic rings. The van der Waals surface area contributed by atoms with E-state index in [0.29, 0.717) is 10.1 Å². The van der Waals surface area contributed by atoms with Crippen LogP contribution in [-0.4, -0.2) is 29.3 Å². The number of halogens is 4. The Kier molecular flexibility index (Phi) is 4.28. The maximum absolute atomic E-state index is 12.8. The summed E-state index contributed by atoms with van der Waals surface area (Å²) in [6.07, 6.45) is -2.41. The van der Waals surface area contributed by atoms with E-state index in [4.69, 9.17) is 0 Å². The Hall–Kier alpha value is -1.32. The molecule has 0 aromatic heterocycles. The van der Waals surface area contributed by atoms with Crippen LogP contribution < -0.4 is 5.32 Å². The van der Waals surface area contributed by atoms with Crippen LogP contribution >= 0.6 is 22.6 Å². The lowest BCUT2D eigenvalue weighted by Crippen LogP contribution is -2.30. The monoisotopic (exact) mass is 438 g/mol. The number of alkyl halides is 3. The highest BCUT2D eigenvalue weighted by Gasteiger charge is 2.41. The molecule has 3 rings (SSSR count). The van der Waals surface area contributed by atoms with Gasteiger partial charge in [0.25, 0.3) is 0 Å². The van der Waals surface area contributed by atoms with Gasteiger partial charge >= 0.3 is 6.18 Å². The lowest BCUT2D eigenvalue weighted by Gasteiger charge is -2.16. The average molecular weight is 438 g/mol. The minimum absolute atomic E-state index is 0.0496. The van der Waals surface area contributed by atoms with Crippen LogP contribution in [0.4, 0.5) is 18.9 Å². The van der Waals surface area contributed by atoms with Crippen molar-refractivity contribution in [2.24, 2.45) is 5.92 Å². The van der Waals surface area contributed by atoms with Gasteiger partial charge in [-0.3, -0.25) is 9.59 Å². The summed E-state index contributed by atoms with van der Waals surface area (Å²) in [5.74, 6) is -0.960. The van der Waals surface area contributed by atoms with E-state index in [1.54, 1.807) is 4.90 Å². The minimum Gasteiger partial charge on any atom is -0.339 e. The molecule has 0 spiro atoms. The molecule has 1 saturated heterocycles. The molecule has 1 saturated carbocycles. The van der Waals surface area contributed by atoms with Gasteiger partial charge in [-0.1, -0.05) is 0 Å². The van der Waals surface area contributed by atoms with E-state index in [1.807, 2.05) is 22.6 Å². The first kappa shape index (κ1) is 16.5. The van der Waals surface area contributed by atoms with Gasteiger partial charge in [-0.05, 0) is 53.6 Å². The maximum atomic E-state index is 12.8. The maximum Gasteiger partial charge on any atom is 0.416 e. The largest absolute Gasteiger partial charge is 0.416 e. The molecule has 1 aromatic carbocycles. The van der Waals surface area contributed by atoms with Crippen molar-refractivity contribution in [2.45, 2.75) is 31.5 Å². The fourth-order valence-corrected chi connectivity index (χ4v) is 3.15. The van der Waals surface area contributed by atoms with Crippen molar-refractivity contribution in [2.75, 3.05) is 11.9 Å². The van der Waals surface area contributed by atoms with Gasteiger partial charge in [0.15, 0.2) is 0 Å². The molecule has 1 aliphatic heterocycles. The second-order valence-electron chi connectivity index (χ2n) is 5.86. The van der Waals surface area contributed by atoms with Crippen molar-refractivity contribution in [3.63, 3.8) is 0 Å². The number of amides is 2. The highest BCUT2D eigenvalue weighted by atomic mass is 127. The first-order valence-corrected chi connectivity index (χ1v) is 8.30. The quantitative estimate of drug-likeness (QED) is 0.737. The van der Waals surface area contributed by atoms with Crippen molar-refractivity contribution in [3.05, 3.63) is 27.3 Å². The molecule has 1 heterocycles. The van der Waals surface area contributed by atoms with Crippen LogP contribution in [0, 0.1) is 9.49 Å². The first-order valence-electron chi connectivity index (χ1n) is 7.23. The van der Waals surface area contributed by atoms with Gasteiger partial charge in [0, 0.05) is 22.6 Å². The zero-order chi connectivity index (χ0) is 16.8. The topological polar surface area (TPSA) is 49.4 Å². The Balaban J connectivity index is 1.72. The molecule has 1 unspecified atom stereocenters. The molecule has 4 nitrogen and oxygen atoms in total. The van der Waals surface area contributed by atoms with Crippen LogP contribution in [-0.2, 0) is 15.8 Å². The highest BCUT2D eigenvalue weighted by molar-refractivity contribution is 14.1. The lowest BCUT2D eigenvalue weighted by atomic mass is 10.1. The molecule has 2 fully saturated rings. The fraction of sp³-hybridized carbons (Fsp3) is 0.467. The zero-order valence-electron chi connectivity index (χ0n) is 12.0. The summed E-state index contributed by atoms with van der Waals surface area (Å²) < 4.78 is 38.8. The number of likely N-dealkylation sites (tertiary alicyclic amines) is 1. The van der Waals surface area contributed by atoms with Crippen LogP contribution in [0.2, 0.25) is 0 Å². The summed E-state index contributed by atoms with van der Waals surface area (Å²) in [4.78, 5) is 25.9. The molecule has 23 heavy (non-hydrogen) atoms. The van der Waals surface area contributed by atoms with E-state index < -0.39 is 23.6 Å². The number of rotatable bonds is 3. The molecule has 1 aliphatic carbocycles. The molecule has 0 radical (unpaired) electrons.